The molecule has 1 saturated heterocycles. The molecule has 3 heterocycles. The van der Waals surface area contributed by atoms with Gasteiger partial charge in [0.25, 0.3) is 0 Å². The third kappa shape index (κ3) is 3.62. The van der Waals surface area contributed by atoms with Gasteiger partial charge in [-0.2, -0.15) is 10.2 Å². The third-order valence-electron chi connectivity index (χ3n) is 4.74. The molecule has 26 heavy (non-hydrogen) atoms. The van der Waals surface area contributed by atoms with Gasteiger partial charge >= 0.3 is 0 Å². The first-order valence-electron chi connectivity index (χ1n) is 8.62. The van der Waals surface area contributed by atoms with Crippen LogP contribution in [0, 0.1) is 19.3 Å². The van der Waals surface area contributed by atoms with Crippen LogP contribution in [-0.2, 0) is 23.7 Å². The van der Waals surface area contributed by atoms with Gasteiger partial charge in [0.15, 0.2) is 0 Å². The van der Waals surface area contributed by atoms with Gasteiger partial charge in [-0.3, -0.25) is 19.0 Å². The standard InChI is InChI=1S/C17H25N7O2/c1-11-7-13(23(3)21-11)19-15(25)9-17(5-6-18-10-17)16(26)20-14-8-12(2)22-24(14)4/h7-8,18H,5-6,9-10H2,1-4H3,(H,19,25)(H,20,26). The van der Waals surface area contributed by atoms with Crippen molar-refractivity contribution in [1.29, 1.82) is 0 Å². The minimum Gasteiger partial charge on any atom is -0.316 e. The first-order valence-corrected chi connectivity index (χ1v) is 8.62. The highest BCUT2D eigenvalue weighted by Gasteiger charge is 2.43. The minimum absolute atomic E-state index is 0.104. The van der Waals surface area contributed by atoms with Crippen LogP contribution in [0.2, 0.25) is 0 Å². The molecule has 140 valence electrons. The van der Waals surface area contributed by atoms with Gasteiger partial charge in [0, 0.05) is 39.2 Å². The van der Waals surface area contributed by atoms with Crippen molar-refractivity contribution < 1.29 is 9.59 Å². The highest BCUT2D eigenvalue weighted by Crippen LogP contribution is 2.32. The number of rotatable bonds is 5. The number of nitrogens with one attached hydrogen (secondary N) is 3. The number of hydrogen-bond acceptors (Lipinski definition) is 5. The Labute approximate surface area is 152 Å². The Kier molecular flexibility index (Phi) is 4.82. The molecule has 3 rings (SSSR count). The van der Waals surface area contributed by atoms with Crippen molar-refractivity contribution in [2.75, 3.05) is 23.7 Å². The second-order valence-electron chi connectivity index (χ2n) is 6.98. The largest absolute Gasteiger partial charge is 0.316 e. The molecule has 1 aliphatic heterocycles. The zero-order chi connectivity index (χ0) is 18.9. The fourth-order valence-corrected chi connectivity index (χ4v) is 3.37. The molecule has 1 fully saturated rings. The maximum Gasteiger partial charge on any atom is 0.233 e. The van der Waals surface area contributed by atoms with Crippen molar-refractivity contribution in [1.82, 2.24) is 24.9 Å². The summed E-state index contributed by atoms with van der Waals surface area (Å²) in [4.78, 5) is 25.6. The molecule has 0 aliphatic carbocycles. The molecule has 9 nitrogen and oxygen atoms in total. The summed E-state index contributed by atoms with van der Waals surface area (Å²) in [5.74, 6) is 0.882. The number of hydrogen-bond donors (Lipinski definition) is 3. The fraction of sp³-hybridized carbons (Fsp3) is 0.529. The second-order valence-corrected chi connectivity index (χ2v) is 6.98. The van der Waals surface area contributed by atoms with Crippen LogP contribution in [0.1, 0.15) is 24.2 Å². The number of anilines is 2. The highest BCUT2D eigenvalue weighted by atomic mass is 16.2. The fourth-order valence-electron chi connectivity index (χ4n) is 3.37. The first kappa shape index (κ1) is 18.1. The first-order chi connectivity index (χ1) is 12.3. The molecule has 2 aromatic heterocycles. The van der Waals surface area contributed by atoms with Gasteiger partial charge in [-0.05, 0) is 26.8 Å². The molecule has 3 N–H and O–H groups in total. The Morgan fingerprint density at radius 2 is 1.69 bits per heavy atom. The van der Waals surface area contributed by atoms with Crippen molar-refractivity contribution in [3.8, 4) is 0 Å². The summed E-state index contributed by atoms with van der Waals surface area (Å²) in [6.45, 7) is 4.90. The Morgan fingerprint density at radius 3 is 2.15 bits per heavy atom. The molecule has 2 amide bonds. The number of carbonyl (C=O) groups is 2. The van der Waals surface area contributed by atoms with Gasteiger partial charge in [-0.25, -0.2) is 0 Å². The zero-order valence-corrected chi connectivity index (χ0v) is 15.6. The summed E-state index contributed by atoms with van der Waals surface area (Å²) < 4.78 is 3.24. The van der Waals surface area contributed by atoms with E-state index < -0.39 is 5.41 Å². The molecule has 0 saturated carbocycles. The van der Waals surface area contributed by atoms with Crippen molar-refractivity contribution >= 4 is 23.5 Å². The van der Waals surface area contributed by atoms with E-state index in [1.54, 1.807) is 29.5 Å². The molecular formula is C17H25N7O2. The zero-order valence-electron chi connectivity index (χ0n) is 15.6. The number of amides is 2. The molecule has 0 aromatic carbocycles. The van der Waals surface area contributed by atoms with Crippen LogP contribution < -0.4 is 16.0 Å². The number of aryl methyl sites for hydroxylation is 4. The van der Waals surface area contributed by atoms with Crippen LogP contribution >= 0.6 is 0 Å². The molecule has 1 unspecified atom stereocenters. The van der Waals surface area contributed by atoms with Crippen LogP contribution in [0.4, 0.5) is 11.6 Å². The summed E-state index contributed by atoms with van der Waals surface area (Å²) in [6, 6.07) is 3.61. The van der Waals surface area contributed by atoms with Gasteiger partial charge in [0.2, 0.25) is 11.8 Å². The maximum atomic E-state index is 13.0. The van der Waals surface area contributed by atoms with E-state index in [1.165, 1.54) is 0 Å². The van der Waals surface area contributed by atoms with E-state index in [0.717, 1.165) is 11.4 Å². The highest BCUT2D eigenvalue weighted by molar-refractivity contribution is 6.00. The van der Waals surface area contributed by atoms with Crippen molar-refractivity contribution in [2.45, 2.75) is 26.7 Å². The molecule has 0 radical (unpaired) electrons. The smallest absolute Gasteiger partial charge is 0.233 e. The lowest BCUT2D eigenvalue weighted by atomic mass is 9.82. The maximum absolute atomic E-state index is 13.0. The lowest BCUT2D eigenvalue weighted by Crippen LogP contribution is -2.41. The van der Waals surface area contributed by atoms with E-state index in [4.69, 9.17) is 0 Å². The van der Waals surface area contributed by atoms with Crippen molar-refractivity contribution in [3.63, 3.8) is 0 Å². The predicted molar refractivity (Wildman–Crippen MR) is 97.7 cm³/mol. The lowest BCUT2D eigenvalue weighted by Gasteiger charge is -2.26. The Morgan fingerprint density at radius 1 is 1.12 bits per heavy atom. The molecule has 0 bridgehead atoms. The molecule has 1 atom stereocenters. The van der Waals surface area contributed by atoms with Crippen LogP contribution in [0.15, 0.2) is 12.1 Å². The SMILES string of the molecule is Cc1cc(NC(=O)CC2(C(=O)Nc3cc(C)nn3C)CCNC2)n(C)n1. The normalized spacial score (nSPS) is 19.5. The number of carbonyl (C=O) groups excluding carboxylic acids is 2. The van der Waals surface area contributed by atoms with Gasteiger partial charge in [0.1, 0.15) is 11.6 Å². The topological polar surface area (TPSA) is 106 Å². The van der Waals surface area contributed by atoms with Crippen molar-refractivity contribution in [3.05, 3.63) is 23.5 Å². The molecule has 2 aromatic rings. The van der Waals surface area contributed by atoms with E-state index >= 15 is 0 Å². The van der Waals surface area contributed by atoms with Crippen LogP contribution in [0.25, 0.3) is 0 Å². The summed E-state index contributed by atoms with van der Waals surface area (Å²) in [5.41, 5.74) is 0.866. The van der Waals surface area contributed by atoms with Crippen molar-refractivity contribution in [2.24, 2.45) is 19.5 Å². The predicted octanol–water partition coefficient (Wildman–Crippen LogP) is 0.717. The minimum atomic E-state index is -0.782. The molecule has 0 spiro atoms. The summed E-state index contributed by atoms with van der Waals surface area (Å²) >= 11 is 0. The van der Waals surface area contributed by atoms with E-state index in [2.05, 4.69) is 26.1 Å². The Hall–Kier alpha value is -2.68. The molecular weight excluding hydrogens is 334 g/mol. The van der Waals surface area contributed by atoms with Crippen LogP contribution in [0.5, 0.6) is 0 Å². The average Bonchev–Trinajstić information content (AvgIpc) is 3.21. The van der Waals surface area contributed by atoms with Gasteiger partial charge < -0.3 is 16.0 Å². The van der Waals surface area contributed by atoms with Crippen LogP contribution in [0.3, 0.4) is 0 Å². The quantitative estimate of drug-likeness (QED) is 0.729. The molecule has 1 aliphatic rings. The van der Waals surface area contributed by atoms with E-state index in [-0.39, 0.29) is 18.2 Å². The monoisotopic (exact) mass is 359 g/mol. The summed E-state index contributed by atoms with van der Waals surface area (Å²) in [6.07, 6.45) is 0.709. The summed E-state index contributed by atoms with van der Waals surface area (Å²) in [7, 11) is 3.55. The summed E-state index contributed by atoms with van der Waals surface area (Å²) in [5, 5.41) is 17.4. The van der Waals surface area contributed by atoms with E-state index in [0.29, 0.717) is 31.1 Å². The Balaban J connectivity index is 1.72. The van der Waals surface area contributed by atoms with E-state index in [1.807, 2.05) is 19.9 Å². The number of aromatic nitrogens is 4. The Bertz CT molecular complexity index is 830. The third-order valence-corrected chi connectivity index (χ3v) is 4.74. The van der Waals surface area contributed by atoms with Gasteiger partial charge in [-0.1, -0.05) is 0 Å². The van der Waals surface area contributed by atoms with Gasteiger partial charge in [-0.15, -0.1) is 0 Å². The molecule has 9 heteroatoms. The number of nitrogens with zero attached hydrogens (tertiary/aromatic N) is 4. The lowest BCUT2D eigenvalue weighted by molar-refractivity contribution is -0.129. The van der Waals surface area contributed by atoms with E-state index in [9.17, 15) is 9.59 Å². The second kappa shape index (κ2) is 6.91. The van der Waals surface area contributed by atoms with Gasteiger partial charge in [0.05, 0.1) is 16.8 Å². The van der Waals surface area contributed by atoms with Crippen LogP contribution in [-0.4, -0.2) is 44.5 Å². The average molecular weight is 359 g/mol.